The van der Waals surface area contributed by atoms with Crippen LogP contribution in [0.25, 0.3) is 5.69 Å². The standard InChI is InChI=1S/C22H22N4O/c27-22(18-13-17(18)15-5-2-1-3-6-15)25-20-7-4-8-21-19(20)14-24-26(21)16-9-11-23-12-10-16/h1-3,5-6,9-12,14,17-18,20H,4,7-8,13H2,(H,25,27)/t17-,18-,20-/m1/s1. The molecule has 1 N–H and O–H groups in total. The molecule has 2 aliphatic carbocycles. The third-order valence-electron chi connectivity index (χ3n) is 5.76. The molecule has 1 aromatic carbocycles. The van der Waals surface area contributed by atoms with E-state index in [1.54, 1.807) is 12.4 Å². The number of hydrogen-bond acceptors (Lipinski definition) is 3. The molecule has 1 fully saturated rings. The minimum atomic E-state index is 0.0638. The van der Waals surface area contributed by atoms with Crippen LogP contribution in [0.1, 0.15) is 48.0 Å². The molecule has 1 amide bonds. The summed E-state index contributed by atoms with van der Waals surface area (Å²) in [5.41, 5.74) is 4.65. The van der Waals surface area contributed by atoms with Gasteiger partial charge >= 0.3 is 0 Å². The molecule has 5 nitrogen and oxygen atoms in total. The lowest BCUT2D eigenvalue weighted by Crippen LogP contribution is -2.32. The molecule has 0 radical (unpaired) electrons. The summed E-state index contributed by atoms with van der Waals surface area (Å²) in [6, 6.07) is 14.3. The summed E-state index contributed by atoms with van der Waals surface area (Å²) < 4.78 is 1.99. The number of rotatable bonds is 4. The van der Waals surface area contributed by atoms with Gasteiger partial charge in [0.15, 0.2) is 0 Å². The Bertz CT molecular complexity index is 951. The number of benzene rings is 1. The van der Waals surface area contributed by atoms with Crippen molar-refractivity contribution < 1.29 is 4.79 Å². The number of amides is 1. The quantitative estimate of drug-likeness (QED) is 0.776. The lowest BCUT2D eigenvalue weighted by Gasteiger charge is -2.24. The molecule has 27 heavy (non-hydrogen) atoms. The first-order valence-corrected chi connectivity index (χ1v) is 9.64. The number of carbonyl (C=O) groups excluding carboxylic acids is 1. The fourth-order valence-corrected chi connectivity index (χ4v) is 4.25. The Labute approximate surface area is 158 Å². The highest BCUT2D eigenvalue weighted by Gasteiger charge is 2.44. The van der Waals surface area contributed by atoms with Gasteiger partial charge in [0, 0.05) is 29.6 Å². The van der Waals surface area contributed by atoms with E-state index in [1.807, 2.05) is 41.2 Å². The fourth-order valence-electron chi connectivity index (χ4n) is 4.25. The summed E-state index contributed by atoms with van der Waals surface area (Å²) in [4.78, 5) is 16.9. The molecule has 1 saturated carbocycles. The van der Waals surface area contributed by atoms with Crippen LogP contribution < -0.4 is 5.32 Å². The molecule has 5 rings (SSSR count). The van der Waals surface area contributed by atoms with E-state index >= 15 is 0 Å². The van der Waals surface area contributed by atoms with Gasteiger partial charge in [-0.15, -0.1) is 0 Å². The third kappa shape index (κ3) is 3.03. The van der Waals surface area contributed by atoms with E-state index in [4.69, 9.17) is 0 Å². The maximum atomic E-state index is 12.8. The van der Waals surface area contributed by atoms with Crippen molar-refractivity contribution in [3.8, 4) is 5.69 Å². The summed E-state index contributed by atoms with van der Waals surface area (Å²) in [6.45, 7) is 0. The van der Waals surface area contributed by atoms with Crippen LogP contribution in [0.2, 0.25) is 0 Å². The Morgan fingerprint density at radius 2 is 1.93 bits per heavy atom. The molecule has 0 saturated heterocycles. The Morgan fingerprint density at radius 3 is 2.74 bits per heavy atom. The van der Waals surface area contributed by atoms with Crippen LogP contribution in [0.4, 0.5) is 0 Å². The average Bonchev–Trinajstić information content (AvgIpc) is 3.41. The van der Waals surface area contributed by atoms with Crippen molar-refractivity contribution in [1.82, 2.24) is 20.1 Å². The van der Waals surface area contributed by atoms with Crippen LogP contribution in [0.5, 0.6) is 0 Å². The van der Waals surface area contributed by atoms with Gasteiger partial charge in [0.05, 0.1) is 17.9 Å². The lowest BCUT2D eigenvalue weighted by molar-refractivity contribution is -0.123. The van der Waals surface area contributed by atoms with Crippen molar-refractivity contribution in [2.75, 3.05) is 0 Å². The van der Waals surface area contributed by atoms with E-state index in [9.17, 15) is 4.79 Å². The molecule has 0 aliphatic heterocycles. The van der Waals surface area contributed by atoms with Crippen molar-refractivity contribution in [2.24, 2.45) is 5.92 Å². The summed E-state index contributed by atoms with van der Waals surface area (Å²) in [7, 11) is 0. The molecule has 5 heteroatoms. The van der Waals surface area contributed by atoms with E-state index in [-0.39, 0.29) is 17.9 Å². The van der Waals surface area contributed by atoms with Crippen LogP contribution in [0.3, 0.4) is 0 Å². The summed E-state index contributed by atoms with van der Waals surface area (Å²) in [5, 5.41) is 7.88. The summed E-state index contributed by atoms with van der Waals surface area (Å²) in [5.74, 6) is 0.653. The van der Waals surface area contributed by atoms with Crippen molar-refractivity contribution in [2.45, 2.75) is 37.6 Å². The van der Waals surface area contributed by atoms with Gasteiger partial charge < -0.3 is 5.32 Å². The zero-order chi connectivity index (χ0) is 18.2. The van der Waals surface area contributed by atoms with E-state index in [0.717, 1.165) is 36.9 Å². The Hall–Kier alpha value is -2.95. The molecule has 2 heterocycles. The molecule has 0 unspecified atom stereocenters. The van der Waals surface area contributed by atoms with Gasteiger partial charge in [-0.1, -0.05) is 30.3 Å². The first kappa shape index (κ1) is 16.2. The minimum absolute atomic E-state index is 0.0638. The van der Waals surface area contributed by atoms with Crippen molar-refractivity contribution in [1.29, 1.82) is 0 Å². The molecular weight excluding hydrogens is 336 g/mol. The summed E-state index contributed by atoms with van der Waals surface area (Å²) in [6.07, 6.45) is 9.45. The summed E-state index contributed by atoms with van der Waals surface area (Å²) >= 11 is 0. The van der Waals surface area contributed by atoms with Gasteiger partial charge in [0.25, 0.3) is 0 Å². The Morgan fingerprint density at radius 1 is 1.11 bits per heavy atom. The van der Waals surface area contributed by atoms with Crippen LogP contribution in [-0.2, 0) is 11.2 Å². The smallest absolute Gasteiger partial charge is 0.224 e. The number of aromatic nitrogens is 3. The number of nitrogens with zero attached hydrogens (tertiary/aromatic N) is 3. The van der Waals surface area contributed by atoms with E-state index < -0.39 is 0 Å². The number of carbonyl (C=O) groups is 1. The van der Waals surface area contributed by atoms with Gasteiger partial charge in [-0.25, -0.2) is 4.68 Å². The van der Waals surface area contributed by atoms with Crippen LogP contribution in [-0.4, -0.2) is 20.7 Å². The number of pyridine rings is 1. The molecule has 136 valence electrons. The molecule has 2 aromatic heterocycles. The second-order valence-electron chi connectivity index (χ2n) is 7.48. The predicted octanol–water partition coefficient (Wildman–Crippen LogP) is 3.56. The normalized spacial score (nSPS) is 23.5. The van der Waals surface area contributed by atoms with E-state index in [1.165, 1.54) is 11.3 Å². The molecule has 0 bridgehead atoms. The van der Waals surface area contributed by atoms with E-state index in [0.29, 0.717) is 5.92 Å². The highest BCUT2D eigenvalue weighted by Crippen LogP contribution is 2.48. The lowest BCUT2D eigenvalue weighted by atomic mass is 9.92. The van der Waals surface area contributed by atoms with Crippen molar-refractivity contribution in [3.63, 3.8) is 0 Å². The highest BCUT2D eigenvalue weighted by molar-refractivity contribution is 5.83. The topological polar surface area (TPSA) is 59.8 Å². The zero-order valence-electron chi connectivity index (χ0n) is 15.1. The number of fused-ring (bicyclic) bond motifs is 1. The number of nitrogens with one attached hydrogen (secondary N) is 1. The predicted molar refractivity (Wildman–Crippen MR) is 102 cm³/mol. The minimum Gasteiger partial charge on any atom is -0.349 e. The highest BCUT2D eigenvalue weighted by atomic mass is 16.2. The monoisotopic (exact) mass is 358 g/mol. The van der Waals surface area contributed by atoms with Crippen molar-refractivity contribution >= 4 is 5.91 Å². The third-order valence-corrected chi connectivity index (χ3v) is 5.76. The maximum absolute atomic E-state index is 12.8. The van der Waals surface area contributed by atoms with Gasteiger partial charge in [-0.05, 0) is 49.3 Å². The van der Waals surface area contributed by atoms with Gasteiger partial charge in [-0.3, -0.25) is 9.78 Å². The van der Waals surface area contributed by atoms with Crippen LogP contribution in [0.15, 0.2) is 61.1 Å². The SMILES string of the molecule is O=C(N[C@@H]1CCCc2c1cnn2-c1ccncc1)[C@@H]1C[C@@H]1c1ccccc1. The Kier molecular flexibility index (Phi) is 4.00. The molecule has 3 atom stereocenters. The average molecular weight is 358 g/mol. The van der Waals surface area contributed by atoms with Crippen LogP contribution in [0, 0.1) is 5.92 Å². The van der Waals surface area contributed by atoms with Gasteiger partial charge in [0.1, 0.15) is 0 Å². The second kappa shape index (κ2) is 6.65. The van der Waals surface area contributed by atoms with Crippen LogP contribution >= 0.6 is 0 Å². The fraction of sp³-hybridized carbons (Fsp3) is 0.318. The van der Waals surface area contributed by atoms with Gasteiger partial charge in [0.2, 0.25) is 5.91 Å². The molecular formula is C22H22N4O. The zero-order valence-corrected chi connectivity index (χ0v) is 15.1. The first-order chi connectivity index (χ1) is 13.3. The second-order valence-corrected chi connectivity index (χ2v) is 7.48. The van der Waals surface area contributed by atoms with Crippen molar-refractivity contribution in [3.05, 3.63) is 77.9 Å². The Balaban J connectivity index is 1.32. The first-order valence-electron chi connectivity index (χ1n) is 9.64. The van der Waals surface area contributed by atoms with E-state index in [2.05, 4.69) is 27.5 Å². The molecule has 3 aromatic rings. The molecule has 2 aliphatic rings. The number of hydrogen-bond donors (Lipinski definition) is 1. The molecule has 0 spiro atoms. The maximum Gasteiger partial charge on any atom is 0.224 e. The largest absolute Gasteiger partial charge is 0.349 e. The van der Waals surface area contributed by atoms with Gasteiger partial charge in [-0.2, -0.15) is 5.10 Å².